The normalized spacial score (nSPS) is 17.1. The first-order valence-corrected chi connectivity index (χ1v) is 17.0. The summed E-state index contributed by atoms with van der Waals surface area (Å²) in [4.78, 5) is 11.6. The number of hydrogen-bond acceptors (Lipinski definition) is 4. The second kappa shape index (κ2) is 25.8. The van der Waals surface area contributed by atoms with Crippen LogP contribution in [0.15, 0.2) is 23.8 Å². The molecule has 228 valence electrons. The van der Waals surface area contributed by atoms with Crippen LogP contribution in [0.1, 0.15) is 174 Å². The summed E-state index contributed by atoms with van der Waals surface area (Å²) in [6.07, 6.45) is 35.2. The van der Waals surface area contributed by atoms with Gasteiger partial charge in [-0.3, -0.25) is 0 Å². The predicted octanol–water partition coefficient (Wildman–Crippen LogP) is 9.91. The van der Waals surface area contributed by atoms with E-state index in [4.69, 9.17) is 4.74 Å². The Balaban J connectivity index is 1.81. The standard InChI is InChI=1S/C35H64O4/c1-3-4-5-6-7-8-9-10-11-12-16-19-22-25-28-33(36)34(37)29-26-23-20-17-14-13-15-18-21-24-27-32-30-31(2)39-35(32)38/h19,22,30-31,33-34,36-37H,3-18,20-21,23-29H2,1-2H3/b22-19-/t31?,33-,34-/m1/s1. The van der Waals surface area contributed by atoms with Crippen LogP contribution in [0.25, 0.3) is 0 Å². The SMILES string of the molecule is CCCCCCCCCCCC/C=C\CC[C@@H](O)[C@H](O)CCCCCCCCCCCCC1=CC(C)OC1=O. The number of aliphatic hydroxyl groups is 2. The highest BCUT2D eigenvalue weighted by molar-refractivity contribution is 5.90. The summed E-state index contributed by atoms with van der Waals surface area (Å²) >= 11 is 0. The molecule has 4 nitrogen and oxygen atoms in total. The van der Waals surface area contributed by atoms with E-state index in [0.717, 1.165) is 44.1 Å². The van der Waals surface area contributed by atoms with Crippen LogP contribution < -0.4 is 0 Å². The van der Waals surface area contributed by atoms with E-state index in [9.17, 15) is 15.0 Å². The average Bonchev–Trinajstić information content (AvgIpc) is 3.25. The van der Waals surface area contributed by atoms with E-state index in [1.165, 1.54) is 109 Å². The largest absolute Gasteiger partial charge is 0.455 e. The first-order chi connectivity index (χ1) is 19.0. The van der Waals surface area contributed by atoms with Gasteiger partial charge in [-0.1, -0.05) is 135 Å². The van der Waals surface area contributed by atoms with Gasteiger partial charge in [-0.05, 0) is 57.9 Å². The molecule has 1 aliphatic rings. The Morgan fingerprint density at radius 1 is 0.667 bits per heavy atom. The van der Waals surface area contributed by atoms with Crippen molar-refractivity contribution in [3.8, 4) is 0 Å². The monoisotopic (exact) mass is 548 g/mol. The maximum atomic E-state index is 11.6. The Labute approximate surface area is 242 Å². The quantitative estimate of drug-likeness (QED) is 0.0580. The van der Waals surface area contributed by atoms with Crippen molar-refractivity contribution < 1.29 is 19.7 Å². The summed E-state index contributed by atoms with van der Waals surface area (Å²) in [5, 5.41) is 20.5. The van der Waals surface area contributed by atoms with Crippen molar-refractivity contribution in [2.24, 2.45) is 0 Å². The number of hydrogen-bond donors (Lipinski definition) is 2. The lowest BCUT2D eigenvalue weighted by Crippen LogP contribution is -2.25. The Kier molecular flexibility index (Phi) is 23.8. The van der Waals surface area contributed by atoms with Gasteiger partial charge in [0.05, 0.1) is 12.2 Å². The minimum absolute atomic E-state index is 0.0444. The lowest BCUT2D eigenvalue weighted by Gasteiger charge is -2.17. The molecule has 1 unspecified atom stereocenters. The Morgan fingerprint density at radius 2 is 1.13 bits per heavy atom. The maximum absolute atomic E-state index is 11.6. The lowest BCUT2D eigenvalue weighted by molar-refractivity contribution is -0.139. The molecule has 0 amide bonds. The van der Waals surface area contributed by atoms with Crippen LogP contribution in [-0.2, 0) is 9.53 Å². The second-order valence-corrected chi connectivity index (χ2v) is 12.0. The van der Waals surface area contributed by atoms with Gasteiger partial charge in [-0.25, -0.2) is 4.79 Å². The van der Waals surface area contributed by atoms with E-state index < -0.39 is 12.2 Å². The Bertz CT molecular complexity index is 626. The third kappa shape index (κ3) is 21.3. The summed E-state index contributed by atoms with van der Waals surface area (Å²) in [7, 11) is 0. The molecule has 1 aliphatic heterocycles. The molecule has 0 aliphatic carbocycles. The summed E-state index contributed by atoms with van der Waals surface area (Å²) in [6.45, 7) is 4.19. The molecule has 0 aromatic rings. The predicted molar refractivity (Wildman–Crippen MR) is 166 cm³/mol. The van der Waals surface area contributed by atoms with Crippen LogP contribution in [-0.4, -0.2) is 34.5 Å². The van der Waals surface area contributed by atoms with Crippen molar-refractivity contribution in [2.75, 3.05) is 0 Å². The molecular formula is C35H64O4. The van der Waals surface area contributed by atoms with Gasteiger partial charge >= 0.3 is 5.97 Å². The maximum Gasteiger partial charge on any atom is 0.334 e. The van der Waals surface area contributed by atoms with Gasteiger partial charge in [0.2, 0.25) is 0 Å². The van der Waals surface area contributed by atoms with Gasteiger partial charge in [-0.2, -0.15) is 0 Å². The van der Waals surface area contributed by atoms with E-state index in [1.807, 2.05) is 13.0 Å². The van der Waals surface area contributed by atoms with Crippen molar-refractivity contribution >= 4 is 5.97 Å². The first-order valence-electron chi connectivity index (χ1n) is 17.0. The molecule has 2 N–H and O–H groups in total. The van der Waals surface area contributed by atoms with Crippen LogP contribution in [0.2, 0.25) is 0 Å². The zero-order chi connectivity index (χ0) is 28.4. The number of unbranched alkanes of at least 4 members (excludes halogenated alkanes) is 19. The number of allylic oxidation sites excluding steroid dienone is 2. The van der Waals surface area contributed by atoms with Crippen molar-refractivity contribution in [2.45, 2.75) is 193 Å². The van der Waals surface area contributed by atoms with Crippen LogP contribution >= 0.6 is 0 Å². The summed E-state index contributed by atoms with van der Waals surface area (Å²) in [5.41, 5.74) is 0.867. The van der Waals surface area contributed by atoms with Crippen molar-refractivity contribution in [3.63, 3.8) is 0 Å². The topological polar surface area (TPSA) is 66.8 Å². The van der Waals surface area contributed by atoms with Gasteiger partial charge in [-0.15, -0.1) is 0 Å². The highest BCUT2D eigenvalue weighted by atomic mass is 16.5. The number of carbonyl (C=O) groups excluding carboxylic acids is 1. The second-order valence-electron chi connectivity index (χ2n) is 12.0. The van der Waals surface area contributed by atoms with E-state index in [-0.39, 0.29) is 12.1 Å². The van der Waals surface area contributed by atoms with E-state index in [2.05, 4.69) is 19.1 Å². The number of aliphatic hydroxyl groups excluding tert-OH is 2. The highest BCUT2D eigenvalue weighted by Crippen LogP contribution is 2.20. The van der Waals surface area contributed by atoms with Crippen molar-refractivity contribution in [1.29, 1.82) is 0 Å². The molecule has 0 saturated heterocycles. The van der Waals surface area contributed by atoms with Gasteiger partial charge in [0.1, 0.15) is 6.10 Å². The highest BCUT2D eigenvalue weighted by Gasteiger charge is 2.21. The molecule has 1 heterocycles. The molecule has 0 aromatic carbocycles. The van der Waals surface area contributed by atoms with Gasteiger partial charge in [0, 0.05) is 5.57 Å². The molecule has 0 spiro atoms. The van der Waals surface area contributed by atoms with Gasteiger partial charge < -0.3 is 14.9 Å². The zero-order valence-corrected chi connectivity index (χ0v) is 25.9. The molecule has 39 heavy (non-hydrogen) atoms. The van der Waals surface area contributed by atoms with Crippen molar-refractivity contribution in [1.82, 2.24) is 0 Å². The summed E-state index contributed by atoms with van der Waals surface area (Å²) < 4.78 is 5.14. The third-order valence-corrected chi connectivity index (χ3v) is 8.15. The minimum Gasteiger partial charge on any atom is -0.455 e. The van der Waals surface area contributed by atoms with E-state index in [1.54, 1.807) is 0 Å². The van der Waals surface area contributed by atoms with Crippen molar-refractivity contribution in [3.05, 3.63) is 23.8 Å². The smallest absolute Gasteiger partial charge is 0.334 e. The molecule has 3 atom stereocenters. The minimum atomic E-state index is -0.592. The average molecular weight is 549 g/mol. The molecule has 1 rings (SSSR count). The Morgan fingerprint density at radius 3 is 1.67 bits per heavy atom. The molecule has 0 fully saturated rings. The van der Waals surface area contributed by atoms with E-state index >= 15 is 0 Å². The van der Waals surface area contributed by atoms with Gasteiger partial charge in [0.25, 0.3) is 0 Å². The van der Waals surface area contributed by atoms with Gasteiger partial charge in [0.15, 0.2) is 0 Å². The Hall–Kier alpha value is -1.13. The fraction of sp³-hybridized carbons (Fsp3) is 0.857. The zero-order valence-electron chi connectivity index (χ0n) is 25.9. The van der Waals surface area contributed by atoms with Crippen LogP contribution in [0.5, 0.6) is 0 Å². The molecule has 0 bridgehead atoms. The van der Waals surface area contributed by atoms with Crippen LogP contribution in [0, 0.1) is 0 Å². The number of esters is 1. The summed E-state index contributed by atoms with van der Waals surface area (Å²) in [5.74, 6) is -0.119. The summed E-state index contributed by atoms with van der Waals surface area (Å²) in [6, 6.07) is 0. The van der Waals surface area contributed by atoms with Crippen LogP contribution in [0.3, 0.4) is 0 Å². The molecule has 0 saturated carbocycles. The number of ether oxygens (including phenoxy) is 1. The third-order valence-electron chi connectivity index (χ3n) is 8.15. The molecule has 0 radical (unpaired) electrons. The fourth-order valence-electron chi connectivity index (χ4n) is 5.54. The molecule has 4 heteroatoms. The number of rotatable bonds is 28. The molecular weight excluding hydrogens is 484 g/mol. The number of carbonyl (C=O) groups is 1. The van der Waals surface area contributed by atoms with E-state index in [0.29, 0.717) is 12.8 Å². The number of cyclic esters (lactones) is 1. The lowest BCUT2D eigenvalue weighted by atomic mass is 10.0. The molecule has 0 aromatic heterocycles. The fourth-order valence-corrected chi connectivity index (χ4v) is 5.54. The van der Waals surface area contributed by atoms with Crippen LogP contribution in [0.4, 0.5) is 0 Å². The first kappa shape index (κ1) is 35.9.